The lowest BCUT2D eigenvalue weighted by Crippen LogP contribution is -2.38. The van der Waals surface area contributed by atoms with Gasteiger partial charge in [0.2, 0.25) is 0 Å². The highest BCUT2D eigenvalue weighted by Crippen LogP contribution is 2.41. The van der Waals surface area contributed by atoms with Crippen molar-refractivity contribution in [2.75, 3.05) is 53.6 Å². The molecule has 1 atom stereocenters. The van der Waals surface area contributed by atoms with Crippen LogP contribution in [-0.4, -0.2) is 80.2 Å². The third-order valence-electron chi connectivity index (χ3n) is 6.36. The van der Waals surface area contributed by atoms with Crippen LogP contribution >= 0.6 is 11.6 Å². The number of aliphatic hydroxyl groups excluding tert-OH is 1. The standard InChI is InChI=1S/C26H29ClN2O6/c1-33-20-9-6-18(16-21(20)34-2)24(30)22-23(17-4-7-19(27)8-5-17)29(26(32)25(22)31)11-3-10-28-12-14-35-15-13-28/h4-9,16,23,30H,3,10-15H2,1-2H3/t23-/m1/s1. The maximum Gasteiger partial charge on any atom is 0.295 e. The summed E-state index contributed by atoms with van der Waals surface area (Å²) in [6.45, 7) is 4.24. The first kappa shape index (κ1) is 25.0. The second-order valence-electron chi connectivity index (χ2n) is 8.42. The first-order valence-electron chi connectivity index (χ1n) is 11.5. The van der Waals surface area contributed by atoms with Gasteiger partial charge in [0.1, 0.15) is 5.76 Å². The molecule has 2 aliphatic rings. The molecule has 0 radical (unpaired) electrons. The Hall–Kier alpha value is -3.07. The van der Waals surface area contributed by atoms with Gasteiger partial charge in [0.25, 0.3) is 11.7 Å². The molecule has 35 heavy (non-hydrogen) atoms. The minimum atomic E-state index is -0.731. The lowest BCUT2D eigenvalue weighted by molar-refractivity contribution is -0.140. The maximum absolute atomic E-state index is 13.2. The van der Waals surface area contributed by atoms with Gasteiger partial charge in [-0.25, -0.2) is 0 Å². The van der Waals surface area contributed by atoms with Crippen molar-refractivity contribution in [3.8, 4) is 11.5 Å². The van der Waals surface area contributed by atoms with E-state index in [4.69, 9.17) is 25.8 Å². The molecule has 2 aromatic rings. The second kappa shape index (κ2) is 11.1. The number of amides is 1. The van der Waals surface area contributed by atoms with E-state index in [0.29, 0.717) is 53.8 Å². The zero-order valence-corrected chi connectivity index (χ0v) is 20.6. The van der Waals surface area contributed by atoms with Crippen molar-refractivity contribution < 1.29 is 28.9 Å². The number of rotatable bonds is 8. The fourth-order valence-corrected chi connectivity index (χ4v) is 4.66. The number of ketones is 1. The van der Waals surface area contributed by atoms with Crippen LogP contribution in [0.15, 0.2) is 48.0 Å². The summed E-state index contributed by atoms with van der Waals surface area (Å²) in [7, 11) is 3.00. The van der Waals surface area contributed by atoms with Gasteiger partial charge in [-0.1, -0.05) is 23.7 Å². The van der Waals surface area contributed by atoms with Gasteiger partial charge >= 0.3 is 0 Å². The van der Waals surface area contributed by atoms with Crippen LogP contribution in [0.25, 0.3) is 5.76 Å². The van der Waals surface area contributed by atoms with E-state index < -0.39 is 17.7 Å². The summed E-state index contributed by atoms with van der Waals surface area (Å²) in [6, 6.07) is 11.1. The van der Waals surface area contributed by atoms with Gasteiger partial charge in [0.05, 0.1) is 39.0 Å². The number of Topliss-reactive ketones (excluding diaryl/α,β-unsaturated/α-hetero) is 1. The summed E-state index contributed by atoms with van der Waals surface area (Å²) in [5.41, 5.74) is 1.09. The van der Waals surface area contributed by atoms with E-state index in [9.17, 15) is 14.7 Å². The van der Waals surface area contributed by atoms with Crippen LogP contribution < -0.4 is 9.47 Å². The van der Waals surface area contributed by atoms with Gasteiger partial charge in [0, 0.05) is 36.8 Å². The molecule has 2 aromatic carbocycles. The Morgan fingerprint density at radius 2 is 1.71 bits per heavy atom. The zero-order valence-electron chi connectivity index (χ0n) is 19.8. The highest BCUT2D eigenvalue weighted by molar-refractivity contribution is 6.46. The van der Waals surface area contributed by atoms with Crippen LogP contribution in [0.2, 0.25) is 5.02 Å². The van der Waals surface area contributed by atoms with E-state index in [0.717, 1.165) is 19.6 Å². The number of benzene rings is 2. The average molecular weight is 501 g/mol. The summed E-state index contributed by atoms with van der Waals surface area (Å²) >= 11 is 6.09. The SMILES string of the molecule is COc1ccc(C(O)=C2C(=O)C(=O)N(CCCN3CCOCC3)[C@@H]2c2ccc(Cl)cc2)cc1OC. The van der Waals surface area contributed by atoms with Crippen LogP contribution in [0.4, 0.5) is 0 Å². The van der Waals surface area contributed by atoms with Crippen LogP contribution in [-0.2, 0) is 14.3 Å². The van der Waals surface area contributed by atoms with Crippen LogP contribution in [0.1, 0.15) is 23.6 Å². The Kier molecular flexibility index (Phi) is 7.95. The number of likely N-dealkylation sites (tertiary alicyclic amines) is 1. The van der Waals surface area contributed by atoms with Gasteiger partial charge in [-0.3, -0.25) is 14.5 Å². The number of aliphatic hydroxyl groups is 1. The summed E-state index contributed by atoms with van der Waals surface area (Å²) in [6.07, 6.45) is 0.688. The van der Waals surface area contributed by atoms with Crippen molar-refractivity contribution in [2.45, 2.75) is 12.5 Å². The highest BCUT2D eigenvalue weighted by atomic mass is 35.5. The zero-order chi connectivity index (χ0) is 24.9. The molecular formula is C26H29ClN2O6. The Bertz CT molecular complexity index is 1110. The molecule has 0 bridgehead atoms. The molecule has 2 saturated heterocycles. The summed E-state index contributed by atoms with van der Waals surface area (Å²) < 4.78 is 16.0. The van der Waals surface area contributed by atoms with Crippen LogP contribution in [0.5, 0.6) is 11.5 Å². The largest absolute Gasteiger partial charge is 0.507 e. The van der Waals surface area contributed by atoms with Gasteiger partial charge in [-0.2, -0.15) is 0 Å². The highest BCUT2D eigenvalue weighted by Gasteiger charge is 2.45. The second-order valence-corrected chi connectivity index (χ2v) is 8.86. The number of nitrogens with zero attached hydrogens (tertiary/aromatic N) is 2. The van der Waals surface area contributed by atoms with Gasteiger partial charge in [-0.05, 0) is 42.3 Å². The molecule has 2 fully saturated rings. The third-order valence-corrected chi connectivity index (χ3v) is 6.61. The van der Waals surface area contributed by atoms with E-state index in [2.05, 4.69) is 4.90 Å². The predicted molar refractivity (Wildman–Crippen MR) is 132 cm³/mol. The van der Waals surface area contributed by atoms with E-state index >= 15 is 0 Å². The van der Waals surface area contributed by atoms with E-state index in [-0.39, 0.29) is 11.3 Å². The number of carbonyl (C=O) groups is 2. The molecule has 0 saturated carbocycles. The summed E-state index contributed by atoms with van der Waals surface area (Å²) in [5, 5.41) is 11.8. The average Bonchev–Trinajstić information content (AvgIpc) is 3.14. The number of hydrogen-bond acceptors (Lipinski definition) is 7. The fourth-order valence-electron chi connectivity index (χ4n) is 4.53. The first-order valence-corrected chi connectivity index (χ1v) is 11.9. The van der Waals surface area contributed by atoms with Gasteiger partial charge in [0.15, 0.2) is 11.5 Å². The molecule has 0 aromatic heterocycles. The van der Waals surface area contributed by atoms with Crippen molar-refractivity contribution >= 4 is 29.1 Å². The predicted octanol–water partition coefficient (Wildman–Crippen LogP) is 3.50. The van der Waals surface area contributed by atoms with Gasteiger partial charge < -0.3 is 24.2 Å². The molecule has 0 aliphatic carbocycles. The fraction of sp³-hybridized carbons (Fsp3) is 0.385. The molecule has 4 rings (SSSR count). The van der Waals surface area contributed by atoms with Gasteiger partial charge in [-0.15, -0.1) is 0 Å². The number of hydrogen-bond donors (Lipinski definition) is 1. The number of methoxy groups -OCH3 is 2. The smallest absolute Gasteiger partial charge is 0.295 e. The molecule has 2 aliphatic heterocycles. The third kappa shape index (κ3) is 5.29. The summed E-state index contributed by atoms with van der Waals surface area (Å²) in [5.74, 6) is -0.723. The lowest BCUT2D eigenvalue weighted by atomic mass is 9.95. The van der Waals surface area contributed by atoms with Crippen molar-refractivity contribution in [3.63, 3.8) is 0 Å². The Labute approximate surface area is 209 Å². The van der Waals surface area contributed by atoms with Crippen molar-refractivity contribution in [1.29, 1.82) is 0 Å². The van der Waals surface area contributed by atoms with Crippen LogP contribution in [0.3, 0.4) is 0 Å². The molecule has 0 unspecified atom stereocenters. The minimum Gasteiger partial charge on any atom is -0.507 e. The lowest BCUT2D eigenvalue weighted by Gasteiger charge is -2.29. The number of ether oxygens (including phenoxy) is 3. The molecule has 8 nitrogen and oxygen atoms in total. The van der Waals surface area contributed by atoms with E-state index in [1.54, 1.807) is 47.4 Å². The van der Waals surface area contributed by atoms with E-state index in [1.165, 1.54) is 14.2 Å². The maximum atomic E-state index is 13.2. The van der Waals surface area contributed by atoms with Crippen molar-refractivity contribution in [3.05, 3.63) is 64.2 Å². The monoisotopic (exact) mass is 500 g/mol. The number of morpholine rings is 1. The summed E-state index contributed by atoms with van der Waals surface area (Å²) in [4.78, 5) is 30.2. The quantitative estimate of drug-likeness (QED) is 0.337. The number of halogens is 1. The molecule has 0 spiro atoms. The Morgan fingerprint density at radius 3 is 2.37 bits per heavy atom. The minimum absolute atomic E-state index is 0.0379. The van der Waals surface area contributed by atoms with Crippen LogP contribution in [0, 0.1) is 0 Å². The van der Waals surface area contributed by atoms with Crippen molar-refractivity contribution in [1.82, 2.24) is 9.80 Å². The van der Waals surface area contributed by atoms with E-state index in [1.807, 2.05) is 0 Å². The molecule has 1 amide bonds. The topological polar surface area (TPSA) is 88.5 Å². The Balaban J connectivity index is 1.69. The first-order chi connectivity index (χ1) is 16.9. The molecule has 186 valence electrons. The molecular weight excluding hydrogens is 472 g/mol. The van der Waals surface area contributed by atoms with Crippen molar-refractivity contribution in [2.24, 2.45) is 0 Å². The normalized spacial score (nSPS) is 20.3. The number of carbonyl (C=O) groups excluding carboxylic acids is 2. The molecule has 2 heterocycles. The molecule has 9 heteroatoms. The Morgan fingerprint density at radius 1 is 1.03 bits per heavy atom. The molecule has 1 N–H and O–H groups in total.